The van der Waals surface area contributed by atoms with Gasteiger partial charge in [-0.2, -0.15) is 0 Å². The Morgan fingerprint density at radius 1 is 1.00 bits per heavy atom. The molecule has 126 valence electrons. The van der Waals surface area contributed by atoms with E-state index in [0.717, 1.165) is 24.8 Å². The van der Waals surface area contributed by atoms with Crippen LogP contribution in [0, 0.1) is 11.8 Å². The first kappa shape index (κ1) is 16.1. The summed E-state index contributed by atoms with van der Waals surface area (Å²) in [7, 11) is -2.80. The van der Waals surface area contributed by atoms with Crippen LogP contribution in [-0.4, -0.2) is 45.0 Å². The number of aliphatic imine (C=N–C) groups is 1. The number of nitrogens with one attached hydrogen (secondary N) is 2. The summed E-state index contributed by atoms with van der Waals surface area (Å²) < 4.78 is 23.1. The van der Waals surface area contributed by atoms with Gasteiger partial charge in [0.25, 0.3) is 0 Å². The minimum absolute atomic E-state index is 0.205. The van der Waals surface area contributed by atoms with Crippen LogP contribution in [-0.2, 0) is 9.84 Å². The third-order valence-corrected chi connectivity index (χ3v) is 7.15. The zero-order chi connectivity index (χ0) is 15.4. The summed E-state index contributed by atoms with van der Waals surface area (Å²) in [6.07, 6.45) is 9.82. The molecule has 0 bridgehead atoms. The zero-order valence-electron chi connectivity index (χ0n) is 13.4. The van der Waals surface area contributed by atoms with Crippen molar-refractivity contribution in [3.05, 3.63) is 0 Å². The van der Waals surface area contributed by atoms with Gasteiger partial charge in [0.2, 0.25) is 0 Å². The average molecular weight is 327 g/mol. The van der Waals surface area contributed by atoms with Gasteiger partial charge < -0.3 is 10.6 Å². The lowest BCUT2D eigenvalue weighted by molar-refractivity contribution is 0.314. The predicted octanol–water partition coefficient (Wildman–Crippen LogP) is 1.70. The van der Waals surface area contributed by atoms with E-state index in [2.05, 4.69) is 10.6 Å². The second kappa shape index (κ2) is 7.20. The van der Waals surface area contributed by atoms with Gasteiger partial charge in [0, 0.05) is 19.1 Å². The van der Waals surface area contributed by atoms with E-state index in [1.165, 1.54) is 44.9 Å². The summed E-state index contributed by atoms with van der Waals surface area (Å²) in [5.41, 5.74) is 0. The summed E-state index contributed by atoms with van der Waals surface area (Å²) in [5, 5.41) is 7.04. The molecule has 1 aliphatic heterocycles. The van der Waals surface area contributed by atoms with Crippen molar-refractivity contribution in [2.24, 2.45) is 16.8 Å². The summed E-state index contributed by atoms with van der Waals surface area (Å²) >= 11 is 0. The summed E-state index contributed by atoms with van der Waals surface area (Å²) in [5.74, 6) is 2.56. The second-order valence-corrected chi connectivity index (χ2v) is 9.49. The third kappa shape index (κ3) is 4.61. The highest BCUT2D eigenvalue weighted by Gasteiger charge is 2.28. The predicted molar refractivity (Wildman–Crippen MR) is 89.8 cm³/mol. The lowest BCUT2D eigenvalue weighted by atomic mass is 9.85. The maximum atomic E-state index is 11.5. The van der Waals surface area contributed by atoms with Crippen LogP contribution in [0.4, 0.5) is 0 Å². The maximum Gasteiger partial charge on any atom is 0.191 e. The largest absolute Gasteiger partial charge is 0.356 e. The molecule has 1 unspecified atom stereocenters. The number of guanidine groups is 1. The van der Waals surface area contributed by atoms with E-state index in [4.69, 9.17) is 4.99 Å². The summed E-state index contributed by atoms with van der Waals surface area (Å²) in [6, 6.07) is 0.542. The van der Waals surface area contributed by atoms with Crippen molar-refractivity contribution < 1.29 is 8.42 Å². The third-order valence-electron chi connectivity index (χ3n) is 5.31. The molecule has 2 N–H and O–H groups in total. The number of nitrogens with zero attached hydrogens (tertiary/aromatic N) is 1. The van der Waals surface area contributed by atoms with E-state index >= 15 is 0 Å². The molecular formula is C16H29N3O2S. The van der Waals surface area contributed by atoms with E-state index in [0.29, 0.717) is 24.1 Å². The molecule has 2 aliphatic carbocycles. The van der Waals surface area contributed by atoms with Gasteiger partial charge in [-0.3, -0.25) is 4.99 Å². The van der Waals surface area contributed by atoms with Crippen LogP contribution in [0.1, 0.15) is 51.4 Å². The van der Waals surface area contributed by atoms with Crippen LogP contribution in [0.5, 0.6) is 0 Å². The van der Waals surface area contributed by atoms with Crippen molar-refractivity contribution in [2.45, 2.75) is 57.4 Å². The highest BCUT2D eigenvalue weighted by atomic mass is 32.2. The average Bonchev–Trinajstić information content (AvgIpc) is 3.03. The van der Waals surface area contributed by atoms with Crippen molar-refractivity contribution in [3.8, 4) is 0 Å². The number of hydrogen-bond donors (Lipinski definition) is 2. The Bertz CT molecular complexity index is 494. The Hall–Kier alpha value is -0.780. The first-order valence-electron chi connectivity index (χ1n) is 8.86. The van der Waals surface area contributed by atoms with Crippen LogP contribution in [0.25, 0.3) is 0 Å². The van der Waals surface area contributed by atoms with Gasteiger partial charge in [0.15, 0.2) is 15.8 Å². The normalized spacial score (nSPS) is 29.5. The topological polar surface area (TPSA) is 70.6 Å². The monoisotopic (exact) mass is 327 g/mol. The van der Waals surface area contributed by atoms with Gasteiger partial charge >= 0.3 is 0 Å². The highest BCUT2D eigenvalue weighted by Crippen LogP contribution is 2.25. The molecule has 6 heteroatoms. The Kier molecular flexibility index (Phi) is 5.26. The highest BCUT2D eigenvalue weighted by molar-refractivity contribution is 7.91. The summed E-state index contributed by atoms with van der Waals surface area (Å²) in [4.78, 5) is 4.70. The Balaban J connectivity index is 1.52. The van der Waals surface area contributed by atoms with E-state index < -0.39 is 9.84 Å². The molecule has 1 atom stereocenters. The van der Waals surface area contributed by atoms with Crippen LogP contribution >= 0.6 is 0 Å². The van der Waals surface area contributed by atoms with E-state index in [1.54, 1.807) is 0 Å². The lowest BCUT2D eigenvalue weighted by Crippen LogP contribution is -2.45. The van der Waals surface area contributed by atoms with Crippen LogP contribution in [0.15, 0.2) is 4.99 Å². The van der Waals surface area contributed by atoms with Crippen molar-refractivity contribution in [2.75, 3.05) is 24.6 Å². The van der Waals surface area contributed by atoms with Gasteiger partial charge in [-0.15, -0.1) is 0 Å². The lowest BCUT2D eigenvalue weighted by Gasteiger charge is -2.27. The SMILES string of the molecule is O=S1(=O)CCC(CN=C(NCC2CCC2)NC2CCCC2)C1. The standard InChI is InChI=1S/C16H29N3O2S/c20-22(21)9-8-14(12-22)11-18-16(17-10-13-4-3-5-13)19-15-6-1-2-7-15/h13-15H,1-12H2,(H2,17,18,19). The maximum absolute atomic E-state index is 11.5. The fourth-order valence-corrected chi connectivity index (χ4v) is 5.44. The van der Waals surface area contributed by atoms with Crippen molar-refractivity contribution in [1.82, 2.24) is 10.6 Å². The first-order valence-corrected chi connectivity index (χ1v) is 10.7. The molecule has 0 amide bonds. The molecule has 22 heavy (non-hydrogen) atoms. The van der Waals surface area contributed by atoms with Gasteiger partial charge in [0.05, 0.1) is 11.5 Å². The molecule has 0 spiro atoms. The molecule has 0 aromatic carbocycles. The molecule has 0 aromatic heterocycles. The number of sulfone groups is 1. The van der Waals surface area contributed by atoms with Gasteiger partial charge in [-0.25, -0.2) is 8.42 Å². The molecule has 5 nitrogen and oxygen atoms in total. The Morgan fingerprint density at radius 2 is 1.77 bits per heavy atom. The molecular weight excluding hydrogens is 298 g/mol. The molecule has 1 saturated heterocycles. The zero-order valence-corrected chi connectivity index (χ0v) is 14.2. The molecule has 3 rings (SSSR count). The minimum atomic E-state index is -2.80. The fourth-order valence-electron chi connectivity index (χ4n) is 3.59. The molecule has 1 heterocycles. The molecule has 3 fully saturated rings. The number of hydrogen-bond acceptors (Lipinski definition) is 3. The molecule has 0 radical (unpaired) electrons. The van der Waals surface area contributed by atoms with Crippen LogP contribution < -0.4 is 10.6 Å². The Morgan fingerprint density at radius 3 is 2.36 bits per heavy atom. The fraction of sp³-hybridized carbons (Fsp3) is 0.938. The molecule has 0 aromatic rings. The second-order valence-electron chi connectivity index (χ2n) is 7.26. The molecule has 2 saturated carbocycles. The minimum Gasteiger partial charge on any atom is -0.356 e. The van der Waals surface area contributed by atoms with Gasteiger partial charge in [-0.1, -0.05) is 19.3 Å². The number of rotatable bonds is 5. The van der Waals surface area contributed by atoms with Crippen molar-refractivity contribution in [1.29, 1.82) is 0 Å². The van der Waals surface area contributed by atoms with E-state index in [9.17, 15) is 8.42 Å². The quantitative estimate of drug-likeness (QED) is 0.595. The smallest absolute Gasteiger partial charge is 0.191 e. The first-order chi connectivity index (χ1) is 10.6. The van der Waals surface area contributed by atoms with Crippen molar-refractivity contribution in [3.63, 3.8) is 0 Å². The van der Waals surface area contributed by atoms with Crippen LogP contribution in [0.2, 0.25) is 0 Å². The van der Waals surface area contributed by atoms with Crippen LogP contribution in [0.3, 0.4) is 0 Å². The molecule has 3 aliphatic rings. The van der Waals surface area contributed by atoms with E-state index in [-0.39, 0.29) is 5.92 Å². The van der Waals surface area contributed by atoms with Gasteiger partial charge in [0.1, 0.15) is 0 Å². The summed E-state index contributed by atoms with van der Waals surface area (Å²) in [6.45, 7) is 1.63. The Labute approximate surface area is 134 Å². The van der Waals surface area contributed by atoms with Crippen molar-refractivity contribution >= 4 is 15.8 Å². The van der Waals surface area contributed by atoms with E-state index in [1.807, 2.05) is 0 Å². The van der Waals surface area contributed by atoms with Gasteiger partial charge in [-0.05, 0) is 43.9 Å².